The number of anilines is 8. The molecule has 0 saturated heterocycles. The van der Waals surface area contributed by atoms with Crippen LogP contribution in [0.3, 0.4) is 0 Å². The number of nitrogens with zero attached hydrogens (tertiary/aromatic N) is 4. The Balaban J connectivity index is 0.000000222. The van der Waals surface area contributed by atoms with Gasteiger partial charge in [0, 0.05) is 69.2 Å². The van der Waals surface area contributed by atoms with Crippen molar-refractivity contribution >= 4 is 178 Å². The third-order valence-electron chi connectivity index (χ3n) is 16.3. The molecule has 8 aromatic heterocycles. The fourth-order valence-corrected chi connectivity index (χ4v) is 19.4. The lowest BCUT2D eigenvalue weighted by molar-refractivity contribution is 0.100. The number of thiophene rings is 4. The van der Waals surface area contributed by atoms with Crippen molar-refractivity contribution in [3.63, 3.8) is 0 Å². The van der Waals surface area contributed by atoms with Crippen LogP contribution in [-0.4, -0.2) is 101 Å². The normalized spacial score (nSPS) is 15.5. The summed E-state index contributed by atoms with van der Waals surface area (Å²) in [5.74, 6) is -10.5. The highest BCUT2D eigenvalue weighted by molar-refractivity contribution is 7.94. The summed E-state index contributed by atoms with van der Waals surface area (Å²) in [6.45, 7) is 1.64. The molecule has 0 aliphatic heterocycles. The van der Waals surface area contributed by atoms with Crippen molar-refractivity contribution in [2.45, 2.75) is 158 Å². The second kappa shape index (κ2) is 37.2. The van der Waals surface area contributed by atoms with Gasteiger partial charge in [0.05, 0.1) is 49.6 Å². The third-order valence-corrected chi connectivity index (χ3v) is 25.6. The molecular weight excluding hydrogens is 1710 g/mol. The van der Waals surface area contributed by atoms with E-state index in [1.807, 2.05) is 0 Å². The number of carbonyl (C=O) groups excluding carboxylic acids is 8. The molecule has 0 atom stereocenters. The second-order valence-electron chi connectivity index (χ2n) is 25.4. The fraction of sp³-hybridized carbons (Fsp3) is 0.250. The molecule has 0 radical (unpaired) electrons. The molecule has 12 aromatic rings. The Kier molecular flexibility index (Phi) is 18.2. The van der Waals surface area contributed by atoms with Crippen LogP contribution in [-0.2, 0) is 40.1 Å². The molecule has 40 heteroatoms. The first kappa shape index (κ1) is 58.9. The van der Waals surface area contributed by atoms with Crippen LogP contribution in [0.25, 0.3) is 0 Å². The minimum Gasteiger partial charge on any atom is -0.337 e. The zero-order valence-corrected chi connectivity index (χ0v) is 71.3. The largest absolute Gasteiger partial charge is 0.337 e. The molecule has 0 spiro atoms. The first-order valence-electron chi connectivity index (χ1n) is 47.8. The topological polar surface area (TPSA) is 473 Å². The van der Waals surface area contributed by atoms with Gasteiger partial charge in [-0.05, 0) is 253 Å². The smallest absolute Gasteiger partial charge is 0.267 e. The molecule has 12 rings (SSSR count). The van der Waals surface area contributed by atoms with E-state index in [2.05, 4.69) is 25.1 Å². The summed E-state index contributed by atoms with van der Waals surface area (Å²) in [4.78, 5) is 97.7. The molecule has 0 aliphatic carbocycles. The molecule has 0 fully saturated rings. The number of ketones is 4. The quantitative estimate of drug-likeness (QED) is 0.0260. The van der Waals surface area contributed by atoms with E-state index in [-0.39, 0.29) is 93.4 Å². The van der Waals surface area contributed by atoms with Gasteiger partial charge in [0.25, 0.3) is 63.7 Å². The third kappa shape index (κ3) is 21.0. The molecule has 0 unspecified atom stereocenters. The van der Waals surface area contributed by atoms with Crippen molar-refractivity contribution in [1.29, 1.82) is 0 Å². The monoisotopic (exact) mass is 1820 g/mol. The Morgan fingerprint density at radius 1 is 0.333 bits per heavy atom. The highest BCUT2D eigenvalue weighted by Crippen LogP contribution is 2.36. The van der Waals surface area contributed by atoms with Crippen molar-refractivity contribution in [3.05, 3.63) is 226 Å². The van der Waals surface area contributed by atoms with Gasteiger partial charge in [-0.15, -0.1) is 45.3 Å². The predicted molar refractivity (Wildman–Crippen MR) is 460 cm³/mol. The van der Waals surface area contributed by atoms with Crippen LogP contribution in [0.15, 0.2) is 132 Å². The maximum Gasteiger partial charge on any atom is 0.267 e. The Hall–Kier alpha value is -11.9. The highest BCUT2D eigenvalue weighted by atomic mass is 32.2. The highest BCUT2D eigenvalue weighted by Gasteiger charge is 2.33. The average Bonchev–Trinajstić information content (AvgIpc) is 1.72. The Labute approximate surface area is 749 Å². The van der Waals surface area contributed by atoms with Gasteiger partial charge in [-0.3, -0.25) is 38.4 Å². The van der Waals surface area contributed by atoms with Crippen LogP contribution in [0.2, 0.25) is 11.3 Å². The van der Waals surface area contributed by atoms with Crippen molar-refractivity contribution in [2.75, 3.05) is 40.1 Å². The molecule has 8 N–H and O–H groups in total. The molecular formula is C80H84N12O20S8. The number of aromatic nitrogens is 4. The van der Waals surface area contributed by atoms with E-state index in [0.717, 1.165) is 54.0 Å². The number of rotatable bonds is 24. The van der Waals surface area contributed by atoms with Gasteiger partial charge >= 0.3 is 0 Å². The number of Topliss-reactive ketones (excluding diaryl/α,β-unsaturated/α-hetero) is 4. The van der Waals surface area contributed by atoms with Crippen molar-refractivity contribution in [2.24, 2.45) is 0 Å². The number of aryl methyl sites for hydroxylation is 12. The van der Waals surface area contributed by atoms with Crippen LogP contribution in [0.4, 0.5) is 46.3 Å². The van der Waals surface area contributed by atoms with Crippen molar-refractivity contribution < 1.29 is 130 Å². The molecule has 632 valence electrons. The number of carbonyl (C=O) groups is 8. The SMILES string of the molecule is [2H]N(C(=O)c1sccc1S(=O)(=O)N([2H])c1onc(C([2H])([2H])[2H])c1C([2H])([2H])[2H])c1c(C(C)=O)cc(C([2H])([2H])[2H])cc1C([2H])([2H])[2H].[2H]c1c(C)cc(C)c(N([2H])C(=O)c2sccc2S(=O)(=O)N([2H])c2onc(C([2H])([2H])[2H])c2C)c1C(C)=O.[2H]c1c(C)cc(C)c(N([2H])C(=O)c2sccc2S(=O)(=O)N([2H])c2onc(C)c2C([2H])([2H])[2H])c1C(C)=O.[2H]c1c(C)cc(C)c(N([2H])C(=O)c2sccc2S(=O)(=O)N([2H])c2onc(C)c2C)c1C(C)=O. The summed E-state index contributed by atoms with van der Waals surface area (Å²) >= 11 is 2.56. The van der Waals surface area contributed by atoms with Gasteiger partial charge in [0.15, 0.2) is 34.4 Å². The summed E-state index contributed by atoms with van der Waals surface area (Å²) in [6, 6.07) is 9.71. The molecule has 32 nitrogen and oxygen atoms in total. The molecule has 8 heterocycles. The van der Waals surface area contributed by atoms with Crippen LogP contribution in [0, 0.1) is 110 Å². The zero-order chi connectivity index (χ0) is 113. The second-order valence-corrected chi connectivity index (χ2v) is 35.4. The molecule has 4 amide bonds. The molecule has 4 aromatic carbocycles. The van der Waals surface area contributed by atoms with E-state index in [0.29, 0.717) is 101 Å². The van der Waals surface area contributed by atoms with Crippen LogP contribution in [0.1, 0.15) is 226 Å². The van der Waals surface area contributed by atoms with Gasteiger partial charge in [0.1, 0.15) is 39.1 Å². The zero-order valence-electron chi connectivity index (χ0n) is 93.8. The summed E-state index contributed by atoms with van der Waals surface area (Å²) < 4.78 is 353. The fourth-order valence-electron chi connectivity index (χ4n) is 10.4. The molecule has 120 heavy (non-hydrogen) atoms. The first-order valence-corrected chi connectivity index (χ1v) is 43.1. The van der Waals surface area contributed by atoms with Crippen LogP contribution in [0.5, 0.6) is 0 Å². The summed E-state index contributed by atoms with van der Waals surface area (Å²) in [5.41, 5.74) is -4.23. The lowest BCUT2D eigenvalue weighted by Gasteiger charge is -2.14. The van der Waals surface area contributed by atoms with E-state index in [1.54, 1.807) is 61.5 Å². The summed E-state index contributed by atoms with van der Waals surface area (Å²) in [5, 5.41) is 19.5. The summed E-state index contributed by atoms with van der Waals surface area (Å²) in [6.07, 6.45) is 0. The standard InChI is InChI=1S/4C20H21N3O5S2/c4*1-10-8-11(2)17(15(9-10)14(5)24)21-19(25)18-16(6-7-29-18)30(26,27)23-20-12(3)13(4)22-28-20/h4*6-9,23H,1-5H3,(H,21,25)/i1D3,2D3,3D3,4D3;4D3,9D;3D3,9D;9D/hD8. The molecule has 0 aliphatic rings. The van der Waals surface area contributed by atoms with Gasteiger partial charge in [-0.1, -0.05) is 44.9 Å². The van der Waals surface area contributed by atoms with Crippen molar-refractivity contribution in [1.82, 2.24) is 20.6 Å². The van der Waals surface area contributed by atoms with Crippen LogP contribution < -0.4 is 40.1 Å². The minimum absolute atomic E-state index is 0.0717. The number of amides is 4. The Morgan fingerprint density at radius 3 is 0.858 bits per heavy atom. The lowest BCUT2D eigenvalue weighted by atomic mass is 10.0. The van der Waals surface area contributed by atoms with E-state index >= 15 is 0 Å². The maximum absolute atomic E-state index is 13.5. The summed E-state index contributed by atoms with van der Waals surface area (Å²) in [7, 11) is -19.5. The maximum atomic E-state index is 13.5. The Bertz CT molecular complexity index is 7870. The van der Waals surface area contributed by atoms with E-state index in [4.69, 9.17) is 53.6 Å². The lowest BCUT2D eigenvalue weighted by Crippen LogP contribution is -2.20. The van der Waals surface area contributed by atoms with E-state index in [9.17, 15) is 72.0 Å². The number of benzene rings is 4. The van der Waals surface area contributed by atoms with Crippen molar-refractivity contribution in [3.8, 4) is 0 Å². The number of hydrogen-bond donors (Lipinski definition) is 8. The first-order chi connectivity index (χ1) is 68.0. The van der Waals surface area contributed by atoms with Crippen LogP contribution >= 0.6 is 45.3 Å². The Morgan fingerprint density at radius 2 is 0.592 bits per heavy atom. The van der Waals surface area contributed by atoms with Gasteiger partial charge < -0.3 is 39.3 Å². The van der Waals surface area contributed by atoms with Gasteiger partial charge in [0.2, 0.25) is 23.5 Å². The van der Waals surface area contributed by atoms with Gasteiger partial charge in [-0.2, -0.15) is 0 Å². The number of nitrogens with one attached hydrogen (secondary N) is 8. The predicted octanol–water partition coefficient (Wildman–Crippen LogP) is 16.9. The van der Waals surface area contributed by atoms with Gasteiger partial charge in [-0.25, -0.2) is 52.5 Å². The minimum atomic E-state index is -5.29. The number of hydrogen-bond acceptors (Lipinski definition) is 28. The van der Waals surface area contributed by atoms with E-state index in [1.165, 1.54) is 62.9 Å². The molecule has 0 bridgehead atoms. The number of sulfonamides is 4. The average molecular weight is 1820 g/mol. The van der Waals surface area contributed by atoms with E-state index < -0.39 is 229 Å². The molecule has 0 saturated carbocycles.